The lowest BCUT2D eigenvalue weighted by atomic mass is 9.82. The summed E-state index contributed by atoms with van der Waals surface area (Å²) in [7, 11) is -3.61. The molecule has 3 amide bonds. The fraction of sp³-hybridized carbons (Fsp3) is 0.545. The van der Waals surface area contributed by atoms with Crippen LogP contribution in [0.5, 0.6) is 0 Å². The van der Waals surface area contributed by atoms with Crippen molar-refractivity contribution in [3.8, 4) is 0 Å². The van der Waals surface area contributed by atoms with Gasteiger partial charge in [0.25, 0.3) is 11.8 Å². The van der Waals surface area contributed by atoms with E-state index in [1.54, 1.807) is 48.2 Å². The van der Waals surface area contributed by atoms with Gasteiger partial charge >= 0.3 is 0 Å². The number of rotatable bonds is 7. The molecule has 260 valence electrons. The number of para-hydroxylation sites is 1. The SMILES string of the molecule is C[C@H]1[C@H]([Si](C)(C)F)[C@@H](CC(=O)N2CCC[C@H]2CO)O[C@]12C(=O)N(c1ccccc1)c1ccc(NC(=O)[C@H]3O[C@@H](O)[C@H](O)[C@@H](O)[C@@H]3O)cc12. The highest BCUT2D eigenvalue weighted by atomic mass is 28.4. The summed E-state index contributed by atoms with van der Waals surface area (Å²) in [5.74, 6) is -2.43. The minimum absolute atomic E-state index is 0.151. The molecule has 6 rings (SSSR count). The standard InChI is InChI=1S/C33H42FN3O10Si/c1-17-29(48(2,3)34)23(15-24(39)36-13-7-10-20(36)16-38)47-33(17)21-14-18(35-30(43)28-26(41)25(40)27(42)31(44)46-28)11-12-22(21)37(32(33)45)19-8-5-4-6-9-19/h4-6,8-9,11-12,14,17,20,23,25-29,31,38,40-42,44H,7,10,13,15-16H2,1-3H3,(H,35,43)/t17-,20-,23+,25-,26-,27+,28-,29-,31+,33+/m0/s1. The van der Waals surface area contributed by atoms with Gasteiger partial charge in [0.15, 0.2) is 18.0 Å². The molecule has 13 nitrogen and oxygen atoms in total. The lowest BCUT2D eigenvalue weighted by molar-refractivity contribution is -0.274. The second kappa shape index (κ2) is 12.9. The van der Waals surface area contributed by atoms with Crippen LogP contribution >= 0.6 is 0 Å². The number of carbonyl (C=O) groups is 3. The predicted molar refractivity (Wildman–Crippen MR) is 172 cm³/mol. The Balaban J connectivity index is 1.39. The van der Waals surface area contributed by atoms with Crippen LogP contribution in [0.3, 0.4) is 0 Å². The molecule has 4 aliphatic rings. The van der Waals surface area contributed by atoms with E-state index >= 15 is 4.11 Å². The van der Waals surface area contributed by atoms with Crippen LogP contribution in [0, 0.1) is 5.92 Å². The number of aliphatic hydroxyl groups is 5. The van der Waals surface area contributed by atoms with Gasteiger partial charge in [-0.3, -0.25) is 19.3 Å². The number of aliphatic hydroxyl groups excluding tert-OH is 5. The number of anilines is 3. The Hall–Kier alpha value is -3.28. The molecule has 4 heterocycles. The Labute approximate surface area is 278 Å². The van der Waals surface area contributed by atoms with Gasteiger partial charge in [-0.1, -0.05) is 25.1 Å². The van der Waals surface area contributed by atoms with Crippen LogP contribution in [0.2, 0.25) is 18.6 Å². The average Bonchev–Trinajstić information content (AvgIpc) is 3.71. The molecule has 48 heavy (non-hydrogen) atoms. The first-order valence-electron chi connectivity index (χ1n) is 16.2. The zero-order valence-electron chi connectivity index (χ0n) is 26.9. The topological polar surface area (TPSA) is 189 Å². The van der Waals surface area contributed by atoms with Gasteiger partial charge in [0, 0.05) is 34.9 Å². The Kier molecular flexibility index (Phi) is 9.27. The van der Waals surface area contributed by atoms with Crippen LogP contribution in [0.25, 0.3) is 0 Å². The molecule has 0 bridgehead atoms. The molecule has 15 heteroatoms. The van der Waals surface area contributed by atoms with Gasteiger partial charge in [0.05, 0.1) is 30.9 Å². The fourth-order valence-corrected chi connectivity index (χ4v) is 10.5. The van der Waals surface area contributed by atoms with Crippen molar-refractivity contribution in [3.63, 3.8) is 0 Å². The zero-order chi connectivity index (χ0) is 34.7. The summed E-state index contributed by atoms with van der Waals surface area (Å²) in [6, 6.07) is 13.2. The number of hydrogen-bond acceptors (Lipinski definition) is 10. The van der Waals surface area contributed by atoms with Crippen molar-refractivity contribution in [2.75, 3.05) is 23.4 Å². The highest BCUT2D eigenvalue weighted by molar-refractivity contribution is 6.72. The molecule has 2 aromatic carbocycles. The van der Waals surface area contributed by atoms with Crippen LogP contribution in [0.1, 0.15) is 31.7 Å². The summed E-state index contributed by atoms with van der Waals surface area (Å²) in [4.78, 5) is 44.6. The Morgan fingerprint density at radius 1 is 1.06 bits per heavy atom. The molecule has 0 unspecified atom stereocenters. The number of nitrogens with zero attached hydrogens (tertiary/aromatic N) is 2. The van der Waals surface area contributed by atoms with E-state index in [0.717, 1.165) is 6.42 Å². The van der Waals surface area contributed by atoms with Crippen LogP contribution in [0.4, 0.5) is 21.2 Å². The molecule has 3 fully saturated rings. The van der Waals surface area contributed by atoms with Gasteiger partial charge in [0.1, 0.15) is 18.3 Å². The first-order valence-corrected chi connectivity index (χ1v) is 19.2. The molecule has 0 aromatic heterocycles. The first-order chi connectivity index (χ1) is 22.7. The maximum absolute atomic E-state index is 16.3. The molecule has 1 spiro atoms. The lowest BCUT2D eigenvalue weighted by Gasteiger charge is -2.37. The number of ether oxygens (including phenoxy) is 2. The summed E-state index contributed by atoms with van der Waals surface area (Å²) >= 11 is 0. The fourth-order valence-electron chi connectivity index (χ4n) is 8.02. The van der Waals surface area contributed by atoms with Crippen LogP contribution < -0.4 is 10.2 Å². The van der Waals surface area contributed by atoms with Crippen molar-refractivity contribution < 1.29 is 53.5 Å². The highest BCUT2D eigenvalue weighted by Gasteiger charge is 2.67. The smallest absolute Gasteiger partial charge is 0.268 e. The van der Waals surface area contributed by atoms with Gasteiger partial charge < -0.3 is 49.3 Å². The number of amides is 3. The normalized spacial score (nSPS) is 34.9. The van der Waals surface area contributed by atoms with E-state index < -0.39 is 74.1 Å². The Morgan fingerprint density at radius 2 is 1.77 bits per heavy atom. The number of nitrogens with one attached hydrogen (secondary N) is 1. The van der Waals surface area contributed by atoms with E-state index in [-0.39, 0.29) is 30.7 Å². The summed E-state index contributed by atoms with van der Waals surface area (Å²) in [5.41, 5.74) is -1.06. The largest absolute Gasteiger partial charge is 0.394 e. The van der Waals surface area contributed by atoms with E-state index in [1.807, 2.05) is 0 Å². The molecule has 0 saturated carbocycles. The molecular weight excluding hydrogens is 645 g/mol. The molecular formula is C33H42FN3O10Si. The minimum atomic E-state index is -3.61. The summed E-state index contributed by atoms with van der Waals surface area (Å²) in [6.45, 7) is 5.09. The van der Waals surface area contributed by atoms with E-state index in [4.69, 9.17) is 9.47 Å². The van der Waals surface area contributed by atoms with Gasteiger partial charge in [-0.15, -0.1) is 0 Å². The first kappa shape index (κ1) is 34.6. The molecule has 4 aliphatic heterocycles. The number of carbonyl (C=O) groups excluding carboxylic acids is 3. The summed E-state index contributed by atoms with van der Waals surface area (Å²) < 4.78 is 28.1. The van der Waals surface area contributed by atoms with Crippen molar-refractivity contribution in [1.29, 1.82) is 0 Å². The van der Waals surface area contributed by atoms with Crippen LogP contribution in [-0.4, -0.2) is 113 Å². The lowest BCUT2D eigenvalue weighted by Crippen LogP contribution is -2.60. The maximum Gasteiger partial charge on any atom is 0.268 e. The number of benzene rings is 2. The van der Waals surface area contributed by atoms with Gasteiger partial charge in [-0.2, -0.15) is 0 Å². The quantitative estimate of drug-likeness (QED) is 0.183. The number of hydrogen-bond donors (Lipinski definition) is 6. The Bertz CT molecular complexity index is 1560. The van der Waals surface area contributed by atoms with Gasteiger partial charge in [-0.05, 0) is 56.3 Å². The average molecular weight is 688 g/mol. The van der Waals surface area contributed by atoms with Crippen molar-refractivity contribution in [2.24, 2.45) is 5.92 Å². The zero-order valence-corrected chi connectivity index (χ0v) is 27.9. The van der Waals surface area contributed by atoms with Crippen molar-refractivity contribution in [2.45, 2.75) is 93.3 Å². The van der Waals surface area contributed by atoms with Gasteiger partial charge in [-0.25, -0.2) is 0 Å². The molecule has 6 N–H and O–H groups in total. The molecule has 0 aliphatic carbocycles. The molecule has 0 radical (unpaired) electrons. The second-order valence-electron chi connectivity index (χ2n) is 13.7. The van der Waals surface area contributed by atoms with E-state index in [9.17, 15) is 39.9 Å². The van der Waals surface area contributed by atoms with Crippen molar-refractivity contribution >= 4 is 43.2 Å². The molecule has 2 aromatic rings. The third kappa shape index (κ3) is 5.65. The van der Waals surface area contributed by atoms with E-state index in [1.165, 1.54) is 30.1 Å². The summed E-state index contributed by atoms with van der Waals surface area (Å²) in [5, 5.41) is 52.7. The number of halogens is 1. The van der Waals surface area contributed by atoms with Gasteiger partial charge in [0.2, 0.25) is 14.3 Å². The van der Waals surface area contributed by atoms with Crippen LogP contribution in [-0.2, 0) is 29.5 Å². The monoisotopic (exact) mass is 687 g/mol. The predicted octanol–water partition coefficient (Wildman–Crippen LogP) is 1.25. The minimum Gasteiger partial charge on any atom is -0.394 e. The van der Waals surface area contributed by atoms with Crippen molar-refractivity contribution in [1.82, 2.24) is 4.90 Å². The molecule has 10 atom stereocenters. The summed E-state index contributed by atoms with van der Waals surface area (Å²) in [6.07, 6.45) is -8.92. The van der Waals surface area contributed by atoms with E-state index in [2.05, 4.69) is 5.32 Å². The highest BCUT2D eigenvalue weighted by Crippen LogP contribution is 2.61. The number of fused-ring (bicyclic) bond motifs is 2. The maximum atomic E-state index is 16.3. The van der Waals surface area contributed by atoms with E-state index in [0.29, 0.717) is 29.9 Å². The van der Waals surface area contributed by atoms with Crippen LogP contribution in [0.15, 0.2) is 48.5 Å². The Morgan fingerprint density at radius 3 is 2.44 bits per heavy atom. The molecule has 3 saturated heterocycles. The third-order valence-corrected chi connectivity index (χ3v) is 12.7. The number of likely N-dealkylation sites (tertiary alicyclic amines) is 1. The second-order valence-corrected chi connectivity index (χ2v) is 17.5. The van der Waals surface area contributed by atoms with Crippen molar-refractivity contribution in [3.05, 3.63) is 54.1 Å². The third-order valence-electron chi connectivity index (χ3n) is 10.3.